The first-order valence-electron chi connectivity index (χ1n) is 8.91. The van der Waals surface area contributed by atoms with Crippen LogP contribution < -0.4 is 10.6 Å². The highest BCUT2D eigenvalue weighted by molar-refractivity contribution is 5.81. The van der Waals surface area contributed by atoms with Gasteiger partial charge in [0.2, 0.25) is 11.9 Å². The highest BCUT2D eigenvalue weighted by Gasteiger charge is 2.30. The van der Waals surface area contributed by atoms with Gasteiger partial charge in [-0.05, 0) is 28.1 Å². The van der Waals surface area contributed by atoms with Gasteiger partial charge in [-0.2, -0.15) is 4.68 Å². The lowest BCUT2D eigenvalue weighted by Gasteiger charge is -2.38. The number of carbonyl (C=O) groups excluding carboxylic acids is 1. The fourth-order valence-electron chi connectivity index (χ4n) is 3.49. The van der Waals surface area contributed by atoms with Gasteiger partial charge in [-0.3, -0.25) is 9.69 Å². The molecule has 2 heterocycles. The van der Waals surface area contributed by atoms with Crippen molar-refractivity contribution in [3.05, 3.63) is 66.2 Å². The number of hydrogen-bond acceptors (Lipinski definition) is 6. The summed E-state index contributed by atoms with van der Waals surface area (Å²) in [5, 5.41) is 12.2. The average Bonchev–Trinajstić information content (AvgIpc) is 3.20. The Labute approximate surface area is 157 Å². The first-order valence-corrected chi connectivity index (χ1v) is 8.91. The van der Waals surface area contributed by atoms with Crippen LogP contribution in [0.1, 0.15) is 11.6 Å². The maximum atomic E-state index is 12.1. The lowest BCUT2D eigenvalue weighted by atomic mass is 10.0. The quantitative estimate of drug-likeness (QED) is 0.727. The van der Waals surface area contributed by atoms with Crippen molar-refractivity contribution in [3.63, 3.8) is 0 Å². The van der Waals surface area contributed by atoms with Gasteiger partial charge in [0.15, 0.2) is 0 Å². The zero-order valence-electron chi connectivity index (χ0n) is 14.8. The maximum Gasteiger partial charge on any atom is 0.250 e. The molecule has 1 fully saturated rings. The van der Waals surface area contributed by atoms with E-state index in [2.05, 4.69) is 25.3 Å². The molecule has 1 atom stereocenters. The minimum atomic E-state index is -0.418. The second-order valence-corrected chi connectivity index (χ2v) is 6.46. The third kappa shape index (κ3) is 3.52. The molecule has 1 aromatic heterocycles. The predicted molar refractivity (Wildman–Crippen MR) is 101 cm³/mol. The monoisotopic (exact) mass is 363 g/mol. The lowest BCUT2D eigenvalue weighted by Crippen LogP contribution is -2.51. The Balaban J connectivity index is 1.50. The van der Waals surface area contributed by atoms with E-state index in [0.29, 0.717) is 32.1 Å². The van der Waals surface area contributed by atoms with E-state index < -0.39 is 6.04 Å². The first kappa shape index (κ1) is 17.2. The van der Waals surface area contributed by atoms with Crippen molar-refractivity contribution in [1.82, 2.24) is 25.1 Å². The topological polar surface area (TPSA) is 93.2 Å². The Bertz CT molecular complexity index is 889. The van der Waals surface area contributed by atoms with Gasteiger partial charge in [0.1, 0.15) is 6.04 Å². The number of nitrogens with zero attached hydrogens (tertiary/aromatic N) is 6. The van der Waals surface area contributed by atoms with Gasteiger partial charge in [0.25, 0.3) is 0 Å². The van der Waals surface area contributed by atoms with Crippen molar-refractivity contribution < 1.29 is 4.79 Å². The number of primary amides is 1. The van der Waals surface area contributed by atoms with Crippen LogP contribution in [0, 0.1) is 0 Å². The third-order valence-corrected chi connectivity index (χ3v) is 4.80. The van der Waals surface area contributed by atoms with E-state index in [0.717, 1.165) is 11.3 Å². The summed E-state index contributed by atoms with van der Waals surface area (Å²) in [5.74, 6) is 0.375. The summed E-state index contributed by atoms with van der Waals surface area (Å²) in [7, 11) is 0. The number of rotatable bonds is 5. The molecule has 0 radical (unpaired) electrons. The molecule has 0 saturated carbocycles. The second-order valence-electron chi connectivity index (χ2n) is 6.46. The standard InChI is InChI=1S/C19H21N7O/c20-18(27)17(15-7-3-1-4-8-15)24-11-13-25(14-12-24)19-21-22-23-26(19)16-9-5-2-6-10-16/h1-10,17H,11-14H2,(H2,20,27)/t17-/m0/s1. The molecule has 1 aliphatic heterocycles. The van der Waals surface area contributed by atoms with Crippen molar-refractivity contribution in [2.24, 2.45) is 5.73 Å². The number of nitrogens with two attached hydrogens (primary N) is 1. The van der Waals surface area contributed by atoms with Crippen LogP contribution in [0.3, 0.4) is 0 Å². The number of hydrogen-bond donors (Lipinski definition) is 1. The fourth-order valence-corrected chi connectivity index (χ4v) is 3.49. The molecule has 138 valence electrons. The molecule has 0 unspecified atom stereocenters. The molecule has 4 rings (SSSR count). The predicted octanol–water partition coefficient (Wildman–Crippen LogP) is 1.01. The van der Waals surface area contributed by atoms with Crippen LogP contribution in [-0.4, -0.2) is 57.2 Å². The molecule has 8 heteroatoms. The Morgan fingerprint density at radius 3 is 2.19 bits per heavy atom. The Morgan fingerprint density at radius 2 is 1.56 bits per heavy atom. The minimum Gasteiger partial charge on any atom is -0.368 e. The molecule has 0 bridgehead atoms. The SMILES string of the molecule is NC(=O)[C@H](c1ccccc1)N1CCN(c2nnnn2-c2ccccc2)CC1. The van der Waals surface area contributed by atoms with Crippen LogP contribution in [0.15, 0.2) is 60.7 Å². The summed E-state index contributed by atoms with van der Waals surface area (Å²) in [4.78, 5) is 16.3. The molecule has 0 spiro atoms. The smallest absolute Gasteiger partial charge is 0.250 e. The van der Waals surface area contributed by atoms with Crippen LogP contribution in [0.25, 0.3) is 5.69 Å². The fraction of sp³-hybridized carbons (Fsp3) is 0.263. The zero-order chi connectivity index (χ0) is 18.6. The van der Waals surface area contributed by atoms with Crippen LogP contribution >= 0.6 is 0 Å². The largest absolute Gasteiger partial charge is 0.368 e. The highest BCUT2D eigenvalue weighted by atomic mass is 16.1. The maximum absolute atomic E-state index is 12.1. The summed E-state index contributed by atoms with van der Waals surface area (Å²) >= 11 is 0. The van der Waals surface area contributed by atoms with Gasteiger partial charge in [-0.25, -0.2) is 0 Å². The molecule has 1 aliphatic rings. The normalized spacial score (nSPS) is 16.2. The molecular formula is C19H21N7O. The van der Waals surface area contributed by atoms with E-state index in [-0.39, 0.29) is 5.91 Å². The number of anilines is 1. The molecule has 3 aromatic rings. The van der Waals surface area contributed by atoms with Gasteiger partial charge in [-0.15, -0.1) is 0 Å². The molecular weight excluding hydrogens is 342 g/mol. The van der Waals surface area contributed by atoms with E-state index in [9.17, 15) is 4.79 Å². The van der Waals surface area contributed by atoms with Crippen molar-refractivity contribution in [2.45, 2.75) is 6.04 Å². The number of aromatic nitrogens is 4. The van der Waals surface area contributed by atoms with E-state index >= 15 is 0 Å². The Kier molecular flexibility index (Phi) is 4.80. The second kappa shape index (κ2) is 7.55. The van der Waals surface area contributed by atoms with Crippen molar-refractivity contribution in [2.75, 3.05) is 31.1 Å². The summed E-state index contributed by atoms with van der Waals surface area (Å²) < 4.78 is 1.73. The summed E-state index contributed by atoms with van der Waals surface area (Å²) in [6.07, 6.45) is 0. The van der Waals surface area contributed by atoms with Crippen LogP contribution in [0.4, 0.5) is 5.95 Å². The van der Waals surface area contributed by atoms with Gasteiger partial charge in [-0.1, -0.05) is 53.6 Å². The molecule has 8 nitrogen and oxygen atoms in total. The number of carbonyl (C=O) groups is 1. The Hall–Kier alpha value is -3.26. The number of piperazine rings is 1. The minimum absolute atomic E-state index is 0.330. The summed E-state index contributed by atoms with van der Waals surface area (Å²) in [5.41, 5.74) is 7.54. The van der Waals surface area contributed by atoms with Gasteiger partial charge in [0, 0.05) is 26.2 Å². The first-order chi connectivity index (χ1) is 13.2. The molecule has 2 N–H and O–H groups in total. The van der Waals surface area contributed by atoms with E-state index in [1.54, 1.807) is 4.68 Å². The molecule has 1 saturated heterocycles. The van der Waals surface area contributed by atoms with E-state index in [1.807, 2.05) is 60.7 Å². The Morgan fingerprint density at radius 1 is 0.926 bits per heavy atom. The van der Waals surface area contributed by atoms with Gasteiger partial charge in [0.05, 0.1) is 5.69 Å². The molecule has 1 amide bonds. The zero-order valence-corrected chi connectivity index (χ0v) is 14.8. The van der Waals surface area contributed by atoms with Crippen molar-refractivity contribution >= 4 is 11.9 Å². The van der Waals surface area contributed by atoms with Crippen LogP contribution in [0.5, 0.6) is 0 Å². The lowest BCUT2D eigenvalue weighted by molar-refractivity contribution is -0.123. The van der Waals surface area contributed by atoms with Crippen molar-refractivity contribution in [1.29, 1.82) is 0 Å². The van der Waals surface area contributed by atoms with Gasteiger partial charge >= 0.3 is 0 Å². The third-order valence-electron chi connectivity index (χ3n) is 4.80. The molecule has 27 heavy (non-hydrogen) atoms. The number of tetrazole rings is 1. The van der Waals surface area contributed by atoms with E-state index in [1.165, 1.54) is 0 Å². The average molecular weight is 363 g/mol. The van der Waals surface area contributed by atoms with Crippen LogP contribution in [0.2, 0.25) is 0 Å². The number of para-hydroxylation sites is 1. The summed E-state index contributed by atoms with van der Waals surface area (Å²) in [6, 6.07) is 19.1. The number of benzene rings is 2. The van der Waals surface area contributed by atoms with Crippen molar-refractivity contribution in [3.8, 4) is 5.69 Å². The van der Waals surface area contributed by atoms with Gasteiger partial charge < -0.3 is 10.6 Å². The molecule has 2 aromatic carbocycles. The highest BCUT2D eigenvalue weighted by Crippen LogP contribution is 2.24. The molecule has 0 aliphatic carbocycles. The van der Waals surface area contributed by atoms with Crippen LogP contribution in [-0.2, 0) is 4.79 Å². The number of amides is 1. The summed E-state index contributed by atoms with van der Waals surface area (Å²) in [6.45, 7) is 2.82. The van der Waals surface area contributed by atoms with E-state index in [4.69, 9.17) is 5.73 Å².